The van der Waals surface area contributed by atoms with Crippen LogP contribution in [0.5, 0.6) is 0 Å². The van der Waals surface area contributed by atoms with E-state index >= 15 is 0 Å². The Kier molecular flexibility index (Phi) is 5.33. The molecule has 0 aliphatic carbocycles. The molecule has 28 heavy (non-hydrogen) atoms. The second-order valence-corrected chi connectivity index (χ2v) is 7.30. The van der Waals surface area contributed by atoms with Gasteiger partial charge < -0.3 is 4.57 Å². The van der Waals surface area contributed by atoms with Crippen LogP contribution in [0.25, 0.3) is 21.8 Å². The summed E-state index contributed by atoms with van der Waals surface area (Å²) in [5.74, 6) is -0.161. The molecule has 4 aromatic rings. The Morgan fingerprint density at radius 2 is 1.50 bits per heavy atom. The third-order valence-corrected chi connectivity index (χ3v) is 4.97. The van der Waals surface area contributed by atoms with Crippen molar-refractivity contribution >= 4 is 57.1 Å². The molecule has 0 radical (unpaired) electrons. The topological polar surface area (TPSA) is 46.4 Å². The minimum Gasteiger partial charge on any atom is -0.340 e. The van der Waals surface area contributed by atoms with Crippen LogP contribution in [-0.4, -0.2) is 16.7 Å². The van der Waals surface area contributed by atoms with Gasteiger partial charge in [0.2, 0.25) is 5.91 Å². The van der Waals surface area contributed by atoms with Crippen LogP contribution < -0.4 is 5.43 Å². The molecule has 6 heteroatoms. The number of amides is 1. The van der Waals surface area contributed by atoms with Crippen LogP contribution in [0.1, 0.15) is 12.0 Å². The second-order valence-electron chi connectivity index (χ2n) is 6.43. The summed E-state index contributed by atoms with van der Waals surface area (Å²) in [6, 6.07) is 21.5. The zero-order chi connectivity index (χ0) is 19.5. The van der Waals surface area contributed by atoms with Crippen molar-refractivity contribution in [3.8, 4) is 0 Å². The normalized spacial score (nSPS) is 11.5. The van der Waals surface area contributed by atoms with E-state index in [1.54, 1.807) is 18.2 Å². The van der Waals surface area contributed by atoms with E-state index in [9.17, 15) is 4.79 Å². The first-order valence-electron chi connectivity index (χ1n) is 8.86. The van der Waals surface area contributed by atoms with Gasteiger partial charge in [0.15, 0.2) is 0 Å². The van der Waals surface area contributed by atoms with E-state index in [1.165, 1.54) is 17.0 Å². The van der Waals surface area contributed by atoms with Gasteiger partial charge in [0.05, 0.1) is 6.21 Å². The molecule has 0 saturated carbocycles. The molecule has 140 valence electrons. The van der Waals surface area contributed by atoms with E-state index < -0.39 is 0 Å². The van der Waals surface area contributed by atoms with Gasteiger partial charge in [-0.15, -0.1) is 0 Å². The smallest absolute Gasteiger partial charge is 0.241 e. The summed E-state index contributed by atoms with van der Waals surface area (Å²) < 4.78 is 2.17. The van der Waals surface area contributed by atoms with Crippen molar-refractivity contribution < 1.29 is 4.79 Å². The van der Waals surface area contributed by atoms with E-state index in [0.29, 0.717) is 23.0 Å². The maximum absolute atomic E-state index is 12.2. The lowest BCUT2D eigenvalue weighted by Crippen LogP contribution is -2.19. The first kappa shape index (κ1) is 18.5. The fraction of sp³-hybridized carbons (Fsp3) is 0.0909. The molecule has 0 saturated heterocycles. The number of carbonyl (C=O) groups excluding carboxylic acids is 1. The maximum atomic E-state index is 12.2. The van der Waals surface area contributed by atoms with Crippen molar-refractivity contribution in [3.05, 3.63) is 82.3 Å². The lowest BCUT2D eigenvalue weighted by atomic mass is 10.2. The van der Waals surface area contributed by atoms with Crippen molar-refractivity contribution in [1.82, 2.24) is 9.99 Å². The van der Waals surface area contributed by atoms with Gasteiger partial charge in [-0.1, -0.05) is 59.6 Å². The van der Waals surface area contributed by atoms with Gasteiger partial charge in [-0.05, 0) is 35.9 Å². The molecule has 4 nitrogen and oxygen atoms in total. The molecule has 1 N–H and O–H groups in total. The minimum atomic E-state index is -0.161. The molecule has 0 aliphatic heterocycles. The monoisotopic (exact) mass is 409 g/mol. The van der Waals surface area contributed by atoms with Crippen molar-refractivity contribution in [2.75, 3.05) is 0 Å². The highest BCUT2D eigenvalue weighted by atomic mass is 35.5. The van der Waals surface area contributed by atoms with Gasteiger partial charge in [-0.3, -0.25) is 4.79 Å². The summed E-state index contributed by atoms with van der Waals surface area (Å²) in [5.41, 5.74) is 5.52. The Hall–Kier alpha value is -2.82. The number of aromatic nitrogens is 1. The molecular formula is C22H17Cl2N3O. The first-order chi connectivity index (χ1) is 13.6. The fourth-order valence-electron chi connectivity index (χ4n) is 3.34. The van der Waals surface area contributed by atoms with Gasteiger partial charge in [0, 0.05) is 44.8 Å². The highest BCUT2D eigenvalue weighted by Crippen LogP contribution is 2.28. The molecule has 1 aromatic heterocycles. The molecule has 1 heterocycles. The lowest BCUT2D eigenvalue weighted by molar-refractivity contribution is -0.121. The van der Waals surface area contributed by atoms with Crippen LogP contribution in [-0.2, 0) is 11.3 Å². The van der Waals surface area contributed by atoms with Crippen molar-refractivity contribution in [2.24, 2.45) is 5.10 Å². The molecule has 0 bridgehead atoms. The second kappa shape index (κ2) is 8.05. The third-order valence-electron chi connectivity index (χ3n) is 4.53. The number of halogens is 2. The van der Waals surface area contributed by atoms with Gasteiger partial charge >= 0.3 is 0 Å². The lowest BCUT2D eigenvalue weighted by Gasteiger charge is -2.06. The zero-order valence-corrected chi connectivity index (χ0v) is 16.4. The Labute approximate surface area is 172 Å². The molecule has 0 spiro atoms. The Bertz CT molecular complexity index is 1120. The predicted molar refractivity (Wildman–Crippen MR) is 116 cm³/mol. The highest BCUT2D eigenvalue weighted by Gasteiger charge is 2.10. The molecule has 1 amide bonds. The Morgan fingerprint density at radius 1 is 0.929 bits per heavy atom. The number of fused-ring (bicyclic) bond motifs is 3. The number of hydrogen-bond acceptors (Lipinski definition) is 2. The number of benzene rings is 3. The summed E-state index contributed by atoms with van der Waals surface area (Å²) >= 11 is 11.9. The van der Waals surface area contributed by atoms with Crippen LogP contribution >= 0.6 is 23.2 Å². The summed E-state index contributed by atoms with van der Waals surface area (Å²) in [6.45, 7) is 0.568. The third kappa shape index (κ3) is 3.88. The van der Waals surface area contributed by atoms with E-state index in [-0.39, 0.29) is 5.91 Å². The van der Waals surface area contributed by atoms with Crippen LogP contribution in [0, 0.1) is 0 Å². The number of hydrazone groups is 1. The van der Waals surface area contributed by atoms with Gasteiger partial charge in [-0.2, -0.15) is 5.10 Å². The minimum absolute atomic E-state index is 0.161. The average molecular weight is 410 g/mol. The van der Waals surface area contributed by atoms with Crippen LogP contribution in [0.3, 0.4) is 0 Å². The predicted octanol–water partition coefficient (Wildman–Crippen LogP) is 5.64. The average Bonchev–Trinajstić information content (AvgIpc) is 3.00. The molecule has 0 atom stereocenters. The van der Waals surface area contributed by atoms with E-state index in [2.05, 4.69) is 39.4 Å². The number of rotatable bonds is 5. The molecular weight excluding hydrogens is 393 g/mol. The van der Waals surface area contributed by atoms with Crippen molar-refractivity contribution in [3.63, 3.8) is 0 Å². The Balaban J connectivity index is 1.47. The molecule has 0 aliphatic rings. The quantitative estimate of drug-likeness (QED) is 0.336. The van der Waals surface area contributed by atoms with Gasteiger partial charge in [0.1, 0.15) is 0 Å². The van der Waals surface area contributed by atoms with Crippen molar-refractivity contribution in [1.29, 1.82) is 0 Å². The molecule has 0 fully saturated rings. The molecule has 4 rings (SSSR count). The maximum Gasteiger partial charge on any atom is 0.241 e. The summed E-state index contributed by atoms with van der Waals surface area (Å²) in [5, 5.41) is 7.42. The van der Waals surface area contributed by atoms with E-state index in [1.807, 2.05) is 24.3 Å². The van der Waals surface area contributed by atoms with Crippen LogP contribution in [0.4, 0.5) is 0 Å². The summed E-state index contributed by atoms with van der Waals surface area (Å²) in [7, 11) is 0. The summed E-state index contributed by atoms with van der Waals surface area (Å²) in [6.07, 6.45) is 1.84. The number of aryl methyl sites for hydroxylation is 1. The van der Waals surface area contributed by atoms with Crippen LogP contribution in [0.15, 0.2) is 71.8 Å². The number of carbonyl (C=O) groups is 1. The summed E-state index contributed by atoms with van der Waals surface area (Å²) in [4.78, 5) is 12.2. The number of nitrogens with zero attached hydrogens (tertiary/aromatic N) is 2. The number of hydrogen-bond donors (Lipinski definition) is 1. The molecule has 3 aromatic carbocycles. The Morgan fingerprint density at radius 3 is 2.11 bits per heavy atom. The van der Waals surface area contributed by atoms with Gasteiger partial charge in [-0.25, -0.2) is 5.43 Å². The first-order valence-corrected chi connectivity index (χ1v) is 9.61. The number of nitrogens with one attached hydrogen (secondary N) is 1. The SMILES string of the molecule is O=C(CCn1c2ccccc2c2ccccc21)N/N=C/c1cc(Cl)cc(Cl)c1. The van der Waals surface area contributed by atoms with Crippen LogP contribution in [0.2, 0.25) is 10.0 Å². The van der Waals surface area contributed by atoms with E-state index in [0.717, 1.165) is 16.6 Å². The highest BCUT2D eigenvalue weighted by molar-refractivity contribution is 6.35. The number of para-hydroxylation sites is 2. The fourth-order valence-corrected chi connectivity index (χ4v) is 3.88. The zero-order valence-electron chi connectivity index (χ0n) is 14.9. The van der Waals surface area contributed by atoms with E-state index in [4.69, 9.17) is 23.2 Å². The molecule has 0 unspecified atom stereocenters. The van der Waals surface area contributed by atoms with Crippen molar-refractivity contribution in [2.45, 2.75) is 13.0 Å². The largest absolute Gasteiger partial charge is 0.340 e. The standard InChI is InChI=1S/C22H17Cl2N3O/c23-16-11-15(12-17(24)13-16)14-25-26-22(28)9-10-27-20-7-3-1-5-18(20)19-6-2-4-8-21(19)27/h1-8,11-14H,9-10H2,(H,26,28)/b25-14+. The van der Waals surface area contributed by atoms with Gasteiger partial charge in [0.25, 0.3) is 0 Å².